The van der Waals surface area contributed by atoms with Crippen LogP contribution in [0.4, 0.5) is 0 Å². The molecule has 0 aliphatic carbocycles. The quantitative estimate of drug-likeness (QED) is 0.396. The Kier molecular flexibility index (Phi) is 13.3. The Morgan fingerprint density at radius 2 is 1.29 bits per heavy atom. The molecular weight excluding hydrogens is 90.1 g/mol. The van der Waals surface area contributed by atoms with E-state index in [1.54, 1.807) is 6.92 Å². The Hall–Kier alpha value is -0.0800. The zero-order valence-electron chi connectivity index (χ0n) is 5.65. The molecule has 7 heavy (non-hydrogen) atoms. The van der Waals surface area contributed by atoms with Crippen molar-refractivity contribution in [1.29, 1.82) is 0 Å². The highest BCUT2D eigenvalue weighted by Crippen LogP contribution is 1.30. The second-order valence-corrected chi connectivity index (χ2v) is 1.82. The molecule has 2 heteroatoms. The maximum Gasteiger partial charge on any atom is 0.0661 e. The molecule has 0 amide bonds. The number of aliphatic hydroxyl groups is 1. The van der Waals surface area contributed by atoms with Gasteiger partial charge in [0.15, 0.2) is 0 Å². The van der Waals surface area contributed by atoms with Crippen molar-refractivity contribution in [3.63, 3.8) is 0 Å². The molecule has 0 bridgehead atoms. The van der Waals surface area contributed by atoms with Gasteiger partial charge in [-0.25, -0.2) is 0 Å². The Morgan fingerprint density at radius 1 is 1.29 bits per heavy atom. The molecule has 0 unspecified atom stereocenters. The topological polar surface area (TPSA) is 24.7 Å². The molecule has 2 nitrogen and oxygen atoms in total. The van der Waals surface area contributed by atoms with Crippen molar-refractivity contribution in [2.45, 2.75) is 6.92 Å². The van der Waals surface area contributed by atoms with Gasteiger partial charge in [-0.1, -0.05) is 0 Å². The van der Waals surface area contributed by atoms with Crippen LogP contribution in [0.3, 0.4) is 0 Å². The number of nitrogens with one attached hydrogen (secondary N) is 1. The highest BCUT2D eigenvalue weighted by molar-refractivity contribution is 3.84. The Morgan fingerprint density at radius 3 is 1.29 bits per heavy atom. The van der Waals surface area contributed by atoms with Crippen LogP contribution in [-0.4, -0.2) is 32.9 Å². The molecule has 0 aliphatic heterocycles. The highest BCUT2D eigenvalue weighted by Gasteiger charge is 1.61. The first-order chi connectivity index (χ1) is 3.15. The van der Waals surface area contributed by atoms with E-state index in [0.29, 0.717) is 0 Å². The van der Waals surface area contributed by atoms with Gasteiger partial charge in [-0.3, -0.25) is 0 Å². The van der Waals surface area contributed by atoms with Crippen LogP contribution in [-0.2, 0) is 0 Å². The number of aliphatic hydroxyl groups excluding tert-OH is 1. The largest absolute Gasteiger partial charge is 0.397 e. The minimum Gasteiger partial charge on any atom is -0.397 e. The summed E-state index contributed by atoms with van der Waals surface area (Å²) in [7, 11) is 6.25. The van der Waals surface area contributed by atoms with Gasteiger partial charge in [0.2, 0.25) is 0 Å². The third-order valence-electron chi connectivity index (χ3n) is 0. The zero-order valence-corrected chi connectivity index (χ0v) is 5.65. The molecule has 2 N–H and O–H groups in total. The van der Waals surface area contributed by atoms with Gasteiger partial charge in [-0.05, 0) is 6.92 Å². The van der Waals surface area contributed by atoms with Crippen LogP contribution in [0.2, 0.25) is 0 Å². The van der Waals surface area contributed by atoms with E-state index >= 15 is 0 Å². The van der Waals surface area contributed by atoms with Crippen molar-refractivity contribution in [3.05, 3.63) is 0 Å². The first-order valence-electron chi connectivity index (χ1n) is 2.52. The van der Waals surface area contributed by atoms with Gasteiger partial charge in [-0.2, -0.15) is 0 Å². The Bertz CT molecular complexity index is 19.3. The summed E-state index contributed by atoms with van der Waals surface area (Å²) in [4.78, 5) is 1.42. The van der Waals surface area contributed by atoms with E-state index in [9.17, 15) is 0 Å². The van der Waals surface area contributed by atoms with Crippen LogP contribution in [0.1, 0.15) is 6.92 Å². The maximum absolute atomic E-state index is 7.57. The number of hydrogen-bond acceptors (Lipinski definition) is 1. The molecule has 0 heterocycles. The molecule has 0 aromatic carbocycles. The van der Waals surface area contributed by atoms with Gasteiger partial charge in [0.25, 0.3) is 0 Å². The monoisotopic (exact) mass is 106 g/mol. The van der Waals surface area contributed by atoms with Crippen LogP contribution in [0, 0.1) is 0 Å². The van der Waals surface area contributed by atoms with Crippen LogP contribution in [0.15, 0.2) is 0 Å². The summed E-state index contributed by atoms with van der Waals surface area (Å²) in [5.41, 5.74) is 0. The maximum atomic E-state index is 7.57. The smallest absolute Gasteiger partial charge is 0.0661 e. The molecule has 0 rings (SSSR count). The fraction of sp³-hybridized carbons (Fsp3) is 1.00. The molecule has 0 radical (unpaired) electrons. The third kappa shape index (κ3) is 14200. The summed E-state index contributed by atoms with van der Waals surface area (Å²) in [5.74, 6) is 0. The van der Waals surface area contributed by atoms with Crippen molar-refractivity contribution in [3.8, 4) is 0 Å². The van der Waals surface area contributed by atoms with Crippen molar-refractivity contribution in [2.24, 2.45) is 0 Å². The van der Waals surface area contributed by atoms with E-state index in [1.807, 2.05) is 0 Å². The van der Waals surface area contributed by atoms with Crippen LogP contribution < -0.4 is 4.90 Å². The van der Waals surface area contributed by atoms with E-state index in [2.05, 4.69) is 21.1 Å². The fourth-order valence-electron chi connectivity index (χ4n) is 0. The predicted molar refractivity (Wildman–Crippen MR) is 31.5 cm³/mol. The second kappa shape index (κ2) is 9.33. The van der Waals surface area contributed by atoms with E-state index in [1.165, 1.54) is 4.90 Å². The van der Waals surface area contributed by atoms with Crippen molar-refractivity contribution in [2.75, 3.05) is 27.7 Å². The van der Waals surface area contributed by atoms with E-state index < -0.39 is 0 Å². The molecule has 0 saturated heterocycles. The molecular formula is C5H16NO+. The van der Waals surface area contributed by atoms with Gasteiger partial charge in [0, 0.05) is 6.61 Å². The predicted octanol–water partition coefficient (Wildman–Crippen LogP) is -1.24. The summed E-state index contributed by atoms with van der Waals surface area (Å²) in [5, 5.41) is 7.57. The first kappa shape index (κ1) is 10.0. The minimum absolute atomic E-state index is 0.250. The molecule has 0 atom stereocenters. The lowest BCUT2D eigenvalue weighted by Gasteiger charge is -1.88. The average molecular weight is 106 g/mol. The normalized spacial score (nSPS) is 7.71. The fourth-order valence-corrected chi connectivity index (χ4v) is 0. The lowest BCUT2D eigenvalue weighted by molar-refractivity contribution is -0.836. The number of hydrogen-bond donors (Lipinski definition) is 2. The molecule has 0 aliphatic rings. The minimum atomic E-state index is 0.250. The molecule has 0 spiro atoms. The third-order valence-corrected chi connectivity index (χ3v) is 0. The van der Waals surface area contributed by atoms with Crippen molar-refractivity contribution < 1.29 is 10.0 Å². The Labute approximate surface area is 45.8 Å². The van der Waals surface area contributed by atoms with E-state index in [0.717, 1.165) is 0 Å². The molecule has 0 aromatic heterocycles. The summed E-state index contributed by atoms with van der Waals surface area (Å²) in [6.45, 7) is 1.93. The lowest BCUT2D eigenvalue weighted by Crippen LogP contribution is -3.02. The molecule has 0 saturated carbocycles. The Balaban J connectivity index is 0. The number of quaternary nitrogens is 1. The van der Waals surface area contributed by atoms with Gasteiger partial charge in [-0.15, -0.1) is 0 Å². The average Bonchev–Trinajstić information content (AvgIpc) is 1.33. The van der Waals surface area contributed by atoms with Gasteiger partial charge in [0.1, 0.15) is 0 Å². The molecule has 0 fully saturated rings. The van der Waals surface area contributed by atoms with Gasteiger partial charge in [0.05, 0.1) is 21.1 Å². The highest BCUT2D eigenvalue weighted by atomic mass is 16.2. The molecule has 46 valence electrons. The summed E-state index contributed by atoms with van der Waals surface area (Å²) >= 11 is 0. The number of rotatable bonds is 0. The van der Waals surface area contributed by atoms with Crippen LogP contribution in [0.5, 0.6) is 0 Å². The van der Waals surface area contributed by atoms with Gasteiger partial charge < -0.3 is 10.0 Å². The van der Waals surface area contributed by atoms with Crippen molar-refractivity contribution in [1.82, 2.24) is 0 Å². The second-order valence-electron chi connectivity index (χ2n) is 1.82. The first-order valence-corrected chi connectivity index (χ1v) is 2.52. The summed E-state index contributed by atoms with van der Waals surface area (Å²) < 4.78 is 0. The van der Waals surface area contributed by atoms with Crippen LogP contribution >= 0.6 is 0 Å². The summed E-state index contributed by atoms with van der Waals surface area (Å²) in [6, 6.07) is 0. The van der Waals surface area contributed by atoms with Gasteiger partial charge >= 0.3 is 0 Å². The van der Waals surface area contributed by atoms with Crippen molar-refractivity contribution >= 4 is 0 Å². The molecule has 0 aromatic rings. The van der Waals surface area contributed by atoms with E-state index in [4.69, 9.17) is 5.11 Å². The van der Waals surface area contributed by atoms with Crippen LogP contribution in [0.25, 0.3) is 0 Å². The standard InChI is InChI=1S/C3H9N.C2H6O/c1-4(2)3;1-2-3/h1-3H3;3H,2H2,1H3/p+1. The lowest BCUT2D eigenvalue weighted by atomic mass is 10.9. The summed E-state index contributed by atoms with van der Waals surface area (Å²) in [6.07, 6.45) is 0. The SMILES string of the molecule is CCO.C[NH+](C)C. The van der Waals surface area contributed by atoms with E-state index in [-0.39, 0.29) is 6.61 Å². The zero-order chi connectivity index (χ0) is 6.28.